The highest BCUT2D eigenvalue weighted by molar-refractivity contribution is 9.10. The lowest BCUT2D eigenvalue weighted by Crippen LogP contribution is -2.27. The van der Waals surface area contributed by atoms with Gasteiger partial charge in [0.15, 0.2) is 0 Å². The Morgan fingerprint density at radius 1 is 1.44 bits per heavy atom. The Morgan fingerprint density at radius 2 is 2.28 bits per heavy atom. The molecule has 1 unspecified atom stereocenters. The zero-order chi connectivity index (χ0) is 12.7. The topological polar surface area (TPSA) is 36.1 Å². The van der Waals surface area contributed by atoms with Crippen molar-refractivity contribution in [1.29, 1.82) is 0 Å². The van der Waals surface area contributed by atoms with E-state index in [4.69, 9.17) is 0 Å². The van der Waals surface area contributed by atoms with E-state index < -0.39 is 0 Å². The second-order valence-electron chi connectivity index (χ2n) is 4.80. The fourth-order valence-electron chi connectivity index (χ4n) is 2.71. The van der Waals surface area contributed by atoms with Gasteiger partial charge in [-0.05, 0) is 37.1 Å². The zero-order valence-corrected chi connectivity index (χ0v) is 11.8. The van der Waals surface area contributed by atoms with Crippen molar-refractivity contribution in [3.63, 3.8) is 0 Å². The summed E-state index contributed by atoms with van der Waals surface area (Å²) >= 11 is 3.50. The number of aromatic nitrogens is 1. The van der Waals surface area contributed by atoms with Gasteiger partial charge in [0, 0.05) is 34.5 Å². The van der Waals surface area contributed by atoms with Crippen LogP contribution in [0.15, 0.2) is 28.9 Å². The summed E-state index contributed by atoms with van der Waals surface area (Å²) < 4.78 is 1.07. The second kappa shape index (κ2) is 4.43. The fourth-order valence-corrected chi connectivity index (χ4v) is 3.07. The van der Waals surface area contributed by atoms with Crippen LogP contribution in [-0.2, 0) is 4.79 Å². The number of amides is 1. The lowest BCUT2D eigenvalue weighted by Gasteiger charge is -2.24. The van der Waals surface area contributed by atoms with Gasteiger partial charge in [0.05, 0.1) is 6.04 Å². The van der Waals surface area contributed by atoms with E-state index in [1.807, 2.05) is 17.2 Å². The Bertz CT molecular complexity index is 605. The van der Waals surface area contributed by atoms with Crippen LogP contribution in [0.1, 0.15) is 31.4 Å². The molecular weight excluding hydrogens is 292 g/mol. The second-order valence-corrected chi connectivity index (χ2v) is 5.72. The maximum absolute atomic E-state index is 11.8. The fraction of sp³-hybridized carbons (Fsp3) is 0.357. The number of H-pyrrole nitrogens is 1. The Labute approximate surface area is 114 Å². The number of aromatic amines is 1. The van der Waals surface area contributed by atoms with Gasteiger partial charge in [-0.2, -0.15) is 0 Å². The predicted octanol–water partition coefficient (Wildman–Crippen LogP) is 3.61. The molecule has 3 rings (SSSR count). The Hall–Kier alpha value is -1.29. The van der Waals surface area contributed by atoms with Crippen LogP contribution >= 0.6 is 15.9 Å². The summed E-state index contributed by atoms with van der Waals surface area (Å²) in [6, 6.07) is 6.33. The monoisotopic (exact) mass is 306 g/mol. The van der Waals surface area contributed by atoms with Crippen molar-refractivity contribution < 1.29 is 4.79 Å². The summed E-state index contributed by atoms with van der Waals surface area (Å²) in [7, 11) is 0. The van der Waals surface area contributed by atoms with Crippen molar-refractivity contribution in [3.05, 3.63) is 34.4 Å². The lowest BCUT2D eigenvalue weighted by atomic mass is 10.1. The van der Waals surface area contributed by atoms with Gasteiger partial charge in [0.25, 0.3) is 0 Å². The first-order valence-corrected chi connectivity index (χ1v) is 7.02. The maximum Gasteiger partial charge on any atom is 0.223 e. The molecule has 1 fully saturated rings. The molecule has 1 aliphatic rings. The average molecular weight is 307 g/mol. The molecule has 2 aromatic rings. The van der Waals surface area contributed by atoms with Gasteiger partial charge in [-0.1, -0.05) is 15.9 Å². The number of halogens is 1. The molecule has 0 radical (unpaired) electrons. The van der Waals surface area contributed by atoms with E-state index in [1.54, 1.807) is 0 Å². The van der Waals surface area contributed by atoms with E-state index in [1.165, 1.54) is 10.9 Å². The number of hydrogen-bond donors (Lipinski definition) is 1. The molecule has 94 valence electrons. The minimum atomic E-state index is 0.142. The minimum absolute atomic E-state index is 0.142. The third kappa shape index (κ3) is 1.85. The summed E-state index contributed by atoms with van der Waals surface area (Å²) in [6.07, 6.45) is 3.69. The molecule has 4 heteroatoms. The Balaban J connectivity index is 2.03. The average Bonchev–Trinajstić information content (AvgIpc) is 2.94. The number of rotatable bonds is 2. The molecule has 0 bridgehead atoms. The van der Waals surface area contributed by atoms with E-state index in [9.17, 15) is 4.79 Å². The first-order chi connectivity index (χ1) is 8.66. The van der Waals surface area contributed by atoms with Gasteiger partial charge < -0.3 is 9.88 Å². The maximum atomic E-state index is 11.8. The highest BCUT2D eigenvalue weighted by Crippen LogP contribution is 2.32. The standard InChI is InChI=1S/C14H15BrN2O/c1-9(17-6-2-3-14(17)18)12-8-16-13-5-4-10(15)7-11(12)13/h4-5,7-9,16H,2-3,6H2,1H3. The van der Waals surface area contributed by atoms with Gasteiger partial charge in [-0.3, -0.25) is 4.79 Å². The van der Waals surface area contributed by atoms with E-state index in [-0.39, 0.29) is 11.9 Å². The van der Waals surface area contributed by atoms with Gasteiger partial charge in [-0.15, -0.1) is 0 Å². The molecule has 3 nitrogen and oxygen atoms in total. The summed E-state index contributed by atoms with van der Waals surface area (Å²) in [5.74, 6) is 0.270. The quantitative estimate of drug-likeness (QED) is 0.904. The van der Waals surface area contributed by atoms with Crippen LogP contribution in [0.4, 0.5) is 0 Å². The number of hydrogen-bond acceptors (Lipinski definition) is 1. The Morgan fingerprint density at radius 3 is 3.00 bits per heavy atom. The molecule has 1 aliphatic heterocycles. The zero-order valence-electron chi connectivity index (χ0n) is 10.2. The van der Waals surface area contributed by atoms with Crippen molar-refractivity contribution in [2.75, 3.05) is 6.54 Å². The van der Waals surface area contributed by atoms with Crippen LogP contribution in [-0.4, -0.2) is 22.3 Å². The van der Waals surface area contributed by atoms with Crippen LogP contribution in [0.25, 0.3) is 10.9 Å². The van der Waals surface area contributed by atoms with Gasteiger partial charge >= 0.3 is 0 Å². The number of benzene rings is 1. The highest BCUT2D eigenvalue weighted by atomic mass is 79.9. The van der Waals surface area contributed by atoms with Gasteiger partial charge in [0.2, 0.25) is 5.91 Å². The first kappa shape index (κ1) is 11.8. The number of carbonyl (C=O) groups is 1. The SMILES string of the molecule is CC(c1c[nH]c2ccc(Br)cc12)N1CCCC1=O. The summed E-state index contributed by atoms with van der Waals surface area (Å²) in [4.78, 5) is 17.1. The van der Waals surface area contributed by atoms with Crippen molar-refractivity contribution in [2.24, 2.45) is 0 Å². The van der Waals surface area contributed by atoms with Crippen molar-refractivity contribution in [1.82, 2.24) is 9.88 Å². The molecule has 2 heterocycles. The molecule has 0 spiro atoms. The molecule has 0 aliphatic carbocycles. The van der Waals surface area contributed by atoms with Crippen LogP contribution in [0, 0.1) is 0 Å². The van der Waals surface area contributed by atoms with E-state index in [0.717, 1.165) is 23.0 Å². The number of fused-ring (bicyclic) bond motifs is 1. The molecule has 1 aromatic carbocycles. The smallest absolute Gasteiger partial charge is 0.223 e. The van der Waals surface area contributed by atoms with E-state index in [0.29, 0.717) is 6.42 Å². The van der Waals surface area contributed by atoms with Crippen molar-refractivity contribution >= 4 is 32.7 Å². The number of carbonyl (C=O) groups excluding carboxylic acids is 1. The first-order valence-electron chi connectivity index (χ1n) is 6.23. The van der Waals surface area contributed by atoms with Crippen LogP contribution in [0.2, 0.25) is 0 Å². The number of likely N-dealkylation sites (tertiary alicyclic amines) is 1. The van der Waals surface area contributed by atoms with Gasteiger partial charge in [0.1, 0.15) is 0 Å². The molecule has 18 heavy (non-hydrogen) atoms. The number of nitrogens with one attached hydrogen (secondary N) is 1. The largest absolute Gasteiger partial charge is 0.361 e. The van der Waals surface area contributed by atoms with Crippen LogP contribution < -0.4 is 0 Å². The van der Waals surface area contributed by atoms with Crippen molar-refractivity contribution in [3.8, 4) is 0 Å². The normalized spacial score (nSPS) is 17.7. The molecule has 1 amide bonds. The van der Waals surface area contributed by atoms with Crippen molar-refractivity contribution in [2.45, 2.75) is 25.8 Å². The molecular formula is C14H15BrN2O. The molecule has 1 N–H and O–H groups in total. The van der Waals surface area contributed by atoms with E-state index in [2.05, 4.69) is 40.0 Å². The molecule has 0 saturated carbocycles. The predicted molar refractivity (Wildman–Crippen MR) is 75.4 cm³/mol. The number of nitrogens with zero attached hydrogens (tertiary/aromatic N) is 1. The minimum Gasteiger partial charge on any atom is -0.361 e. The highest BCUT2D eigenvalue weighted by Gasteiger charge is 2.27. The molecule has 1 saturated heterocycles. The van der Waals surface area contributed by atoms with Gasteiger partial charge in [-0.25, -0.2) is 0 Å². The summed E-state index contributed by atoms with van der Waals surface area (Å²) in [6.45, 7) is 2.98. The van der Waals surface area contributed by atoms with Crippen LogP contribution in [0.3, 0.4) is 0 Å². The summed E-state index contributed by atoms with van der Waals surface area (Å²) in [5, 5.41) is 1.19. The molecule has 1 aromatic heterocycles. The lowest BCUT2D eigenvalue weighted by molar-refractivity contribution is -0.129. The van der Waals surface area contributed by atoms with E-state index >= 15 is 0 Å². The van der Waals surface area contributed by atoms with Crippen LogP contribution in [0.5, 0.6) is 0 Å². The third-order valence-corrected chi connectivity index (χ3v) is 4.20. The molecule has 1 atom stereocenters. The Kier molecular flexibility index (Phi) is 2.90. The third-order valence-electron chi connectivity index (χ3n) is 3.70. The summed E-state index contributed by atoms with van der Waals surface area (Å²) in [5.41, 5.74) is 2.31.